The first-order valence-corrected chi connectivity index (χ1v) is 11.5. The van der Waals surface area contributed by atoms with Gasteiger partial charge in [-0.3, -0.25) is 4.98 Å². The summed E-state index contributed by atoms with van der Waals surface area (Å²) in [5, 5.41) is 15.3. The summed E-state index contributed by atoms with van der Waals surface area (Å²) in [5.41, 5.74) is 2.40. The number of pyridine rings is 1. The second-order valence-electron chi connectivity index (χ2n) is 7.09. The van der Waals surface area contributed by atoms with E-state index in [2.05, 4.69) is 25.8 Å². The number of aromatic nitrogens is 4. The van der Waals surface area contributed by atoms with Crippen LogP contribution in [0.1, 0.15) is 18.5 Å². The number of hydrogen-bond acceptors (Lipinski definition) is 7. The van der Waals surface area contributed by atoms with Crippen molar-refractivity contribution in [3.8, 4) is 11.4 Å². The van der Waals surface area contributed by atoms with Gasteiger partial charge in [0.2, 0.25) is 0 Å². The summed E-state index contributed by atoms with van der Waals surface area (Å²) >= 11 is 7.36. The van der Waals surface area contributed by atoms with Crippen LogP contribution >= 0.6 is 23.4 Å². The Morgan fingerprint density at radius 1 is 1.18 bits per heavy atom. The van der Waals surface area contributed by atoms with Gasteiger partial charge in [-0.15, -0.1) is 10.2 Å². The summed E-state index contributed by atoms with van der Waals surface area (Å²) in [5.74, 6) is 0.470. The summed E-state index contributed by atoms with van der Waals surface area (Å²) < 4.78 is 7.15. The Balaban J connectivity index is 1.65. The molecule has 0 saturated heterocycles. The lowest BCUT2D eigenvalue weighted by atomic mass is 9.95. The van der Waals surface area contributed by atoms with Crippen LogP contribution in [0.15, 0.2) is 65.2 Å². The van der Waals surface area contributed by atoms with Gasteiger partial charge in [-0.25, -0.2) is 9.59 Å². The van der Waals surface area contributed by atoms with Crippen LogP contribution in [0.4, 0.5) is 4.79 Å². The zero-order chi connectivity index (χ0) is 23.4. The first-order chi connectivity index (χ1) is 16.0. The van der Waals surface area contributed by atoms with Crippen LogP contribution in [-0.2, 0) is 16.6 Å². The van der Waals surface area contributed by atoms with Crippen molar-refractivity contribution in [3.05, 3.63) is 70.6 Å². The van der Waals surface area contributed by atoms with E-state index in [1.165, 1.54) is 11.8 Å². The minimum atomic E-state index is -0.669. The molecule has 3 heterocycles. The van der Waals surface area contributed by atoms with Crippen LogP contribution in [0.25, 0.3) is 11.4 Å². The maximum absolute atomic E-state index is 12.9. The maximum atomic E-state index is 12.9. The molecule has 0 bridgehead atoms. The van der Waals surface area contributed by atoms with Crippen molar-refractivity contribution in [2.45, 2.75) is 18.1 Å². The third kappa shape index (κ3) is 5.01. The quantitative estimate of drug-likeness (QED) is 0.390. The fourth-order valence-corrected chi connectivity index (χ4v) is 4.42. The molecule has 2 N–H and O–H groups in total. The molecule has 1 aliphatic heterocycles. The van der Waals surface area contributed by atoms with Crippen LogP contribution < -0.4 is 10.6 Å². The predicted octanol–water partition coefficient (Wildman–Crippen LogP) is 3.49. The molecule has 4 rings (SSSR count). The molecule has 2 amide bonds. The minimum absolute atomic E-state index is 0.211. The molecule has 170 valence electrons. The summed E-state index contributed by atoms with van der Waals surface area (Å²) in [6, 6.07) is 9.59. The third-order valence-corrected chi connectivity index (χ3v) is 6.27. The highest BCUT2D eigenvalue weighted by atomic mass is 35.5. The number of halogens is 1. The molecule has 0 spiro atoms. The van der Waals surface area contributed by atoms with E-state index in [9.17, 15) is 9.59 Å². The highest BCUT2D eigenvalue weighted by molar-refractivity contribution is 7.99. The van der Waals surface area contributed by atoms with Crippen LogP contribution in [0.5, 0.6) is 0 Å². The number of carbonyl (C=O) groups is 2. The Kier molecular flexibility index (Phi) is 6.95. The lowest BCUT2D eigenvalue weighted by Crippen LogP contribution is -2.46. The highest BCUT2D eigenvalue weighted by Gasteiger charge is 2.34. The third-order valence-electron chi connectivity index (χ3n) is 4.97. The Morgan fingerprint density at radius 3 is 2.61 bits per heavy atom. The molecular formula is C22H21ClN6O3S. The first-order valence-electron chi connectivity index (χ1n) is 10.1. The highest BCUT2D eigenvalue weighted by Crippen LogP contribution is 2.31. The van der Waals surface area contributed by atoms with Crippen molar-refractivity contribution in [3.63, 3.8) is 0 Å². The molecule has 11 heteroatoms. The standard InChI is InChI=1S/C22H21ClN6O3S/c1-3-32-20(30)17-16(25-21(31)26-18(17)13-4-6-15(23)7-5-13)12-33-22-28-27-19(29(22)2)14-8-10-24-11-9-14/h4-11,18H,3,12H2,1-2H3,(H2,25,26,31). The van der Waals surface area contributed by atoms with Crippen molar-refractivity contribution in [2.75, 3.05) is 12.4 Å². The SMILES string of the molecule is CCOC(=O)C1=C(CSc2nnc(-c3ccncc3)n2C)NC(=O)NC1c1ccc(Cl)cc1. The number of thioether (sulfide) groups is 1. The number of carbonyl (C=O) groups excluding carboxylic acids is 2. The summed E-state index contributed by atoms with van der Waals surface area (Å²) in [7, 11) is 1.86. The van der Waals surface area contributed by atoms with Gasteiger partial charge in [0, 0.05) is 41.5 Å². The fraction of sp³-hybridized carbons (Fsp3) is 0.227. The molecule has 1 atom stereocenters. The number of amides is 2. The second kappa shape index (κ2) is 10.1. The number of benzene rings is 1. The molecule has 1 aromatic carbocycles. The van der Waals surface area contributed by atoms with E-state index in [-0.39, 0.29) is 12.4 Å². The molecule has 3 aromatic rings. The monoisotopic (exact) mass is 484 g/mol. The van der Waals surface area contributed by atoms with Crippen molar-refractivity contribution in [1.29, 1.82) is 0 Å². The van der Waals surface area contributed by atoms with E-state index in [1.54, 1.807) is 43.6 Å². The normalized spacial score (nSPS) is 15.7. The minimum Gasteiger partial charge on any atom is -0.463 e. The van der Waals surface area contributed by atoms with Crippen LogP contribution in [0.3, 0.4) is 0 Å². The second-order valence-corrected chi connectivity index (χ2v) is 8.46. The molecule has 0 aliphatic carbocycles. The topological polar surface area (TPSA) is 111 Å². The number of rotatable bonds is 7. The molecule has 0 saturated carbocycles. The average Bonchev–Trinajstić information content (AvgIpc) is 3.18. The zero-order valence-electron chi connectivity index (χ0n) is 17.9. The van der Waals surface area contributed by atoms with E-state index in [4.69, 9.17) is 16.3 Å². The molecular weight excluding hydrogens is 464 g/mol. The number of urea groups is 1. The van der Waals surface area contributed by atoms with E-state index < -0.39 is 18.0 Å². The van der Waals surface area contributed by atoms with Crippen molar-refractivity contribution >= 4 is 35.4 Å². The summed E-state index contributed by atoms with van der Waals surface area (Å²) in [4.78, 5) is 29.3. The number of nitrogens with one attached hydrogen (secondary N) is 2. The Hall–Kier alpha value is -3.37. The van der Waals surface area contributed by atoms with Gasteiger partial charge in [-0.2, -0.15) is 0 Å². The lowest BCUT2D eigenvalue weighted by Gasteiger charge is -2.29. The molecule has 2 aromatic heterocycles. The van der Waals surface area contributed by atoms with Crippen LogP contribution in [0, 0.1) is 0 Å². The molecule has 0 fully saturated rings. The first kappa shape index (κ1) is 22.8. The van der Waals surface area contributed by atoms with Gasteiger partial charge in [0.1, 0.15) is 0 Å². The smallest absolute Gasteiger partial charge is 0.338 e. The molecule has 0 radical (unpaired) electrons. The number of esters is 1. The zero-order valence-corrected chi connectivity index (χ0v) is 19.5. The van der Waals surface area contributed by atoms with Crippen molar-refractivity contribution < 1.29 is 14.3 Å². The van der Waals surface area contributed by atoms with Gasteiger partial charge >= 0.3 is 12.0 Å². The molecule has 33 heavy (non-hydrogen) atoms. The lowest BCUT2D eigenvalue weighted by molar-refractivity contribution is -0.139. The van der Waals surface area contributed by atoms with Gasteiger partial charge in [-0.1, -0.05) is 35.5 Å². The molecule has 9 nitrogen and oxygen atoms in total. The Bertz CT molecular complexity index is 1200. The van der Waals surface area contributed by atoms with Gasteiger partial charge in [0.15, 0.2) is 11.0 Å². The predicted molar refractivity (Wildman–Crippen MR) is 124 cm³/mol. The van der Waals surface area contributed by atoms with E-state index in [1.807, 2.05) is 23.7 Å². The largest absolute Gasteiger partial charge is 0.463 e. The maximum Gasteiger partial charge on any atom is 0.338 e. The molecule has 1 aliphatic rings. The van der Waals surface area contributed by atoms with E-state index in [0.29, 0.717) is 27.3 Å². The molecule has 1 unspecified atom stereocenters. The van der Waals surface area contributed by atoms with Crippen molar-refractivity contribution in [2.24, 2.45) is 7.05 Å². The number of ether oxygens (including phenoxy) is 1. The fourth-order valence-electron chi connectivity index (χ4n) is 3.42. The van der Waals surface area contributed by atoms with Gasteiger partial charge < -0.3 is 19.9 Å². The van der Waals surface area contributed by atoms with E-state index >= 15 is 0 Å². The van der Waals surface area contributed by atoms with Crippen LogP contribution in [-0.4, -0.2) is 44.1 Å². The van der Waals surface area contributed by atoms with E-state index in [0.717, 1.165) is 11.1 Å². The average molecular weight is 485 g/mol. The number of hydrogen-bond donors (Lipinski definition) is 2. The summed E-state index contributed by atoms with van der Waals surface area (Å²) in [6.45, 7) is 1.95. The number of nitrogens with zero attached hydrogens (tertiary/aromatic N) is 4. The van der Waals surface area contributed by atoms with Crippen LogP contribution in [0.2, 0.25) is 5.02 Å². The van der Waals surface area contributed by atoms with Gasteiger partial charge in [0.05, 0.1) is 18.2 Å². The van der Waals surface area contributed by atoms with Crippen molar-refractivity contribution in [1.82, 2.24) is 30.4 Å². The summed E-state index contributed by atoms with van der Waals surface area (Å²) in [6.07, 6.45) is 3.38. The Morgan fingerprint density at radius 2 is 1.91 bits per heavy atom. The Labute approximate surface area is 199 Å². The van der Waals surface area contributed by atoms with Gasteiger partial charge in [0.25, 0.3) is 0 Å². The van der Waals surface area contributed by atoms with Gasteiger partial charge in [-0.05, 0) is 36.8 Å².